The summed E-state index contributed by atoms with van der Waals surface area (Å²) in [5, 5.41) is 8.56. The fourth-order valence-corrected chi connectivity index (χ4v) is 2.57. The summed E-state index contributed by atoms with van der Waals surface area (Å²) in [6, 6.07) is 15.8. The standard InChI is InChI=1S/C21H21N5O3/c1-3-29-18-9-7-15(8-10-18)25-20-12-19(22-13-23-20)21(28)26-17-6-4-5-16(11-17)24-14(2)27/h4-13H,3H2,1-2H3,(H,24,27)(H,26,28)(H,22,23,25). The number of aromatic nitrogens is 2. The minimum absolute atomic E-state index is 0.186. The summed E-state index contributed by atoms with van der Waals surface area (Å²) >= 11 is 0. The zero-order valence-electron chi connectivity index (χ0n) is 16.1. The van der Waals surface area contributed by atoms with Crippen LogP contribution in [0.2, 0.25) is 0 Å². The highest BCUT2D eigenvalue weighted by atomic mass is 16.5. The normalized spacial score (nSPS) is 10.1. The SMILES string of the molecule is CCOc1ccc(Nc2cc(C(=O)Nc3cccc(NC(C)=O)c3)ncn2)cc1. The number of rotatable bonds is 7. The summed E-state index contributed by atoms with van der Waals surface area (Å²) in [5.74, 6) is 0.694. The van der Waals surface area contributed by atoms with Gasteiger partial charge in [-0.3, -0.25) is 9.59 Å². The van der Waals surface area contributed by atoms with Gasteiger partial charge in [0.1, 0.15) is 23.6 Å². The molecule has 0 aliphatic heterocycles. The van der Waals surface area contributed by atoms with Gasteiger partial charge in [0, 0.05) is 30.1 Å². The molecule has 8 nitrogen and oxygen atoms in total. The van der Waals surface area contributed by atoms with E-state index in [1.54, 1.807) is 30.3 Å². The quantitative estimate of drug-likeness (QED) is 0.565. The molecule has 2 aromatic carbocycles. The van der Waals surface area contributed by atoms with Gasteiger partial charge in [-0.15, -0.1) is 0 Å². The third-order valence-electron chi connectivity index (χ3n) is 3.78. The highest BCUT2D eigenvalue weighted by Gasteiger charge is 2.10. The van der Waals surface area contributed by atoms with Gasteiger partial charge in [-0.1, -0.05) is 6.07 Å². The summed E-state index contributed by atoms with van der Waals surface area (Å²) in [5.41, 5.74) is 2.15. The van der Waals surface area contributed by atoms with E-state index in [0.717, 1.165) is 11.4 Å². The first-order valence-electron chi connectivity index (χ1n) is 9.04. The molecule has 1 heterocycles. The number of hydrogen-bond donors (Lipinski definition) is 3. The molecule has 3 N–H and O–H groups in total. The van der Waals surface area contributed by atoms with Crippen LogP contribution < -0.4 is 20.7 Å². The molecule has 1 aromatic heterocycles. The van der Waals surface area contributed by atoms with Crippen molar-refractivity contribution >= 4 is 34.7 Å². The monoisotopic (exact) mass is 391 g/mol. The molecular formula is C21H21N5O3. The van der Waals surface area contributed by atoms with E-state index in [0.29, 0.717) is 23.8 Å². The van der Waals surface area contributed by atoms with Gasteiger partial charge in [0.15, 0.2) is 0 Å². The second-order valence-corrected chi connectivity index (χ2v) is 6.09. The molecule has 3 rings (SSSR count). The summed E-state index contributed by atoms with van der Waals surface area (Å²) in [6.45, 7) is 3.95. The average Bonchev–Trinajstić information content (AvgIpc) is 2.70. The third kappa shape index (κ3) is 5.77. The Balaban J connectivity index is 1.68. The molecule has 0 unspecified atom stereocenters. The molecule has 3 aromatic rings. The summed E-state index contributed by atoms with van der Waals surface area (Å²) in [6.07, 6.45) is 1.32. The lowest BCUT2D eigenvalue weighted by Gasteiger charge is -2.09. The first kappa shape index (κ1) is 19.8. The maximum atomic E-state index is 12.5. The Morgan fingerprint density at radius 2 is 1.66 bits per heavy atom. The second-order valence-electron chi connectivity index (χ2n) is 6.09. The van der Waals surface area contributed by atoms with Gasteiger partial charge in [-0.2, -0.15) is 0 Å². The summed E-state index contributed by atoms with van der Waals surface area (Å²) < 4.78 is 5.42. The Labute approximate surface area is 168 Å². The van der Waals surface area contributed by atoms with Crippen LogP contribution >= 0.6 is 0 Å². The van der Waals surface area contributed by atoms with Gasteiger partial charge in [-0.05, 0) is 49.4 Å². The average molecular weight is 391 g/mol. The van der Waals surface area contributed by atoms with Crippen LogP contribution in [0.25, 0.3) is 0 Å². The van der Waals surface area contributed by atoms with Crippen molar-refractivity contribution in [3.8, 4) is 5.75 Å². The van der Waals surface area contributed by atoms with Crippen molar-refractivity contribution in [1.29, 1.82) is 0 Å². The Morgan fingerprint density at radius 3 is 2.34 bits per heavy atom. The van der Waals surface area contributed by atoms with E-state index >= 15 is 0 Å². The number of nitrogens with zero attached hydrogens (tertiary/aromatic N) is 2. The van der Waals surface area contributed by atoms with Crippen LogP contribution in [0.3, 0.4) is 0 Å². The van der Waals surface area contributed by atoms with Crippen molar-refractivity contribution in [3.05, 3.63) is 66.6 Å². The van der Waals surface area contributed by atoms with E-state index in [-0.39, 0.29) is 17.5 Å². The van der Waals surface area contributed by atoms with Crippen LogP contribution in [0.1, 0.15) is 24.3 Å². The van der Waals surface area contributed by atoms with Gasteiger partial charge in [0.25, 0.3) is 5.91 Å². The van der Waals surface area contributed by atoms with E-state index in [1.165, 1.54) is 13.3 Å². The molecule has 0 fully saturated rings. The minimum Gasteiger partial charge on any atom is -0.494 e. The first-order chi connectivity index (χ1) is 14.0. The van der Waals surface area contributed by atoms with E-state index in [4.69, 9.17) is 4.74 Å². The second kappa shape index (κ2) is 9.32. The summed E-state index contributed by atoms with van der Waals surface area (Å²) in [7, 11) is 0. The molecule has 0 saturated carbocycles. The fourth-order valence-electron chi connectivity index (χ4n) is 2.57. The largest absolute Gasteiger partial charge is 0.494 e. The predicted molar refractivity (Wildman–Crippen MR) is 112 cm³/mol. The van der Waals surface area contributed by atoms with Crippen LogP contribution in [-0.2, 0) is 4.79 Å². The molecule has 0 atom stereocenters. The van der Waals surface area contributed by atoms with E-state index in [2.05, 4.69) is 25.9 Å². The predicted octanol–water partition coefficient (Wildman–Crippen LogP) is 3.83. The number of benzene rings is 2. The molecule has 148 valence electrons. The van der Waals surface area contributed by atoms with E-state index in [9.17, 15) is 9.59 Å². The molecule has 0 aliphatic rings. The summed E-state index contributed by atoms with van der Waals surface area (Å²) in [4.78, 5) is 31.9. The maximum absolute atomic E-state index is 12.5. The lowest BCUT2D eigenvalue weighted by atomic mass is 10.2. The zero-order chi connectivity index (χ0) is 20.6. The highest BCUT2D eigenvalue weighted by Crippen LogP contribution is 2.20. The number of amides is 2. The van der Waals surface area contributed by atoms with E-state index in [1.807, 2.05) is 31.2 Å². The van der Waals surface area contributed by atoms with Gasteiger partial charge in [0.2, 0.25) is 5.91 Å². The van der Waals surface area contributed by atoms with Gasteiger partial charge in [0.05, 0.1) is 6.61 Å². The fraction of sp³-hybridized carbons (Fsp3) is 0.143. The smallest absolute Gasteiger partial charge is 0.274 e. The highest BCUT2D eigenvalue weighted by molar-refractivity contribution is 6.03. The molecule has 29 heavy (non-hydrogen) atoms. The van der Waals surface area contributed by atoms with Crippen molar-refractivity contribution in [1.82, 2.24) is 9.97 Å². The van der Waals surface area contributed by atoms with Gasteiger partial charge >= 0.3 is 0 Å². The third-order valence-corrected chi connectivity index (χ3v) is 3.78. The Bertz CT molecular complexity index is 1010. The number of carbonyl (C=O) groups is 2. The van der Waals surface area contributed by atoms with Crippen LogP contribution in [0, 0.1) is 0 Å². The lowest BCUT2D eigenvalue weighted by Crippen LogP contribution is -2.14. The van der Waals surface area contributed by atoms with Crippen LogP contribution in [0.15, 0.2) is 60.9 Å². The minimum atomic E-state index is -0.387. The number of carbonyl (C=O) groups excluding carboxylic acids is 2. The van der Waals surface area contributed by atoms with Crippen molar-refractivity contribution < 1.29 is 14.3 Å². The van der Waals surface area contributed by atoms with Gasteiger partial charge in [-0.25, -0.2) is 9.97 Å². The lowest BCUT2D eigenvalue weighted by molar-refractivity contribution is -0.114. The molecular weight excluding hydrogens is 370 g/mol. The Kier molecular flexibility index (Phi) is 6.36. The number of nitrogens with one attached hydrogen (secondary N) is 3. The molecule has 2 amide bonds. The van der Waals surface area contributed by atoms with Crippen LogP contribution in [0.4, 0.5) is 22.9 Å². The van der Waals surface area contributed by atoms with E-state index < -0.39 is 0 Å². The molecule has 0 aliphatic carbocycles. The molecule has 0 saturated heterocycles. The zero-order valence-corrected chi connectivity index (χ0v) is 16.1. The number of ether oxygens (including phenoxy) is 1. The topological polar surface area (TPSA) is 105 Å². The van der Waals surface area contributed by atoms with Crippen molar-refractivity contribution in [2.75, 3.05) is 22.6 Å². The number of hydrogen-bond acceptors (Lipinski definition) is 6. The van der Waals surface area contributed by atoms with Crippen LogP contribution in [-0.4, -0.2) is 28.4 Å². The van der Waals surface area contributed by atoms with Crippen LogP contribution in [0.5, 0.6) is 5.75 Å². The van der Waals surface area contributed by atoms with Crippen molar-refractivity contribution in [2.45, 2.75) is 13.8 Å². The first-order valence-corrected chi connectivity index (χ1v) is 9.04. The molecule has 0 spiro atoms. The number of anilines is 4. The maximum Gasteiger partial charge on any atom is 0.274 e. The molecule has 0 bridgehead atoms. The van der Waals surface area contributed by atoms with Crippen molar-refractivity contribution in [3.63, 3.8) is 0 Å². The Morgan fingerprint density at radius 1 is 0.931 bits per heavy atom. The van der Waals surface area contributed by atoms with Crippen molar-refractivity contribution in [2.24, 2.45) is 0 Å². The van der Waals surface area contributed by atoms with Gasteiger partial charge < -0.3 is 20.7 Å². The molecule has 0 radical (unpaired) electrons. The Hall–Kier alpha value is -3.94. The molecule has 8 heteroatoms.